The van der Waals surface area contributed by atoms with Crippen LogP contribution in [0.4, 0.5) is 8.78 Å². The fourth-order valence-electron chi connectivity index (χ4n) is 1.31. The van der Waals surface area contributed by atoms with E-state index in [9.17, 15) is 8.78 Å². The maximum Gasteiger partial charge on any atom is 0.291 e. The van der Waals surface area contributed by atoms with Crippen molar-refractivity contribution in [3.05, 3.63) is 28.5 Å². The predicted molar refractivity (Wildman–Crippen MR) is 59.4 cm³/mol. The fourth-order valence-corrected chi connectivity index (χ4v) is 1.54. The van der Waals surface area contributed by atoms with Crippen molar-refractivity contribution < 1.29 is 13.5 Å². The first kappa shape index (κ1) is 11.9. The molecule has 0 atom stereocenters. The minimum atomic E-state index is -2.91. The van der Waals surface area contributed by atoms with Crippen molar-refractivity contribution in [2.75, 3.05) is 6.61 Å². The number of nitrogens with zero attached hydrogens (tertiary/aromatic N) is 1. The third-order valence-corrected chi connectivity index (χ3v) is 2.87. The molecule has 0 bridgehead atoms. The molecule has 2 rings (SSSR count). The zero-order valence-electron chi connectivity index (χ0n) is 8.63. The number of ether oxygens (including phenoxy) is 1. The molecule has 0 aliphatic heterocycles. The molecule has 1 heterocycles. The summed E-state index contributed by atoms with van der Waals surface area (Å²) in [6.45, 7) is 0.0927. The molecule has 5 heteroatoms. The van der Waals surface area contributed by atoms with Gasteiger partial charge in [-0.3, -0.25) is 4.98 Å². The molecule has 1 aliphatic carbocycles. The van der Waals surface area contributed by atoms with Crippen LogP contribution < -0.4 is 0 Å². The van der Waals surface area contributed by atoms with Crippen molar-refractivity contribution in [2.24, 2.45) is 0 Å². The molecule has 0 saturated heterocycles. The van der Waals surface area contributed by atoms with Crippen LogP contribution in [0.15, 0.2) is 22.8 Å². The van der Waals surface area contributed by atoms with Crippen molar-refractivity contribution in [2.45, 2.75) is 31.3 Å². The highest BCUT2D eigenvalue weighted by Gasteiger charge is 2.33. The third kappa shape index (κ3) is 3.22. The molecule has 0 N–H and O–H groups in total. The van der Waals surface area contributed by atoms with E-state index in [-0.39, 0.29) is 24.8 Å². The second-order valence-corrected chi connectivity index (χ2v) is 4.80. The minimum absolute atomic E-state index is 0.0927. The quantitative estimate of drug-likeness (QED) is 0.828. The zero-order valence-corrected chi connectivity index (χ0v) is 10.2. The van der Waals surface area contributed by atoms with Crippen LogP contribution in [0.25, 0.3) is 0 Å². The largest absolute Gasteiger partial charge is 0.378 e. The Kier molecular flexibility index (Phi) is 3.54. The Bertz CT molecular complexity index is 352. The van der Waals surface area contributed by atoms with E-state index in [2.05, 4.69) is 20.9 Å². The Balaban J connectivity index is 1.91. The van der Waals surface area contributed by atoms with E-state index in [4.69, 9.17) is 4.74 Å². The summed E-state index contributed by atoms with van der Waals surface area (Å²) in [5.41, 5.74) is -0.199. The molecule has 0 amide bonds. The topological polar surface area (TPSA) is 22.1 Å². The fraction of sp³-hybridized carbons (Fsp3) is 0.545. The summed E-state index contributed by atoms with van der Waals surface area (Å²) in [6, 6.07) is 2.90. The van der Waals surface area contributed by atoms with Gasteiger partial charge in [0, 0.05) is 17.1 Å². The molecule has 1 aromatic heterocycles. The summed E-state index contributed by atoms with van der Waals surface area (Å²) in [6.07, 6.45) is 3.29. The summed E-state index contributed by atoms with van der Waals surface area (Å²) in [7, 11) is 0. The lowest BCUT2D eigenvalue weighted by Crippen LogP contribution is -2.18. The van der Waals surface area contributed by atoms with Gasteiger partial charge >= 0.3 is 0 Å². The van der Waals surface area contributed by atoms with Crippen molar-refractivity contribution >= 4 is 15.9 Å². The predicted octanol–water partition coefficient (Wildman–Crippen LogP) is 3.51. The lowest BCUT2D eigenvalue weighted by atomic mass is 10.1. The van der Waals surface area contributed by atoms with Crippen LogP contribution in [0, 0.1) is 0 Å². The lowest BCUT2D eigenvalue weighted by Gasteiger charge is -2.15. The van der Waals surface area contributed by atoms with Gasteiger partial charge in [0.15, 0.2) is 0 Å². The van der Waals surface area contributed by atoms with Gasteiger partial charge in [-0.2, -0.15) is 8.78 Å². The zero-order chi connectivity index (χ0) is 11.6. The molecule has 0 radical (unpaired) electrons. The van der Waals surface area contributed by atoms with Crippen molar-refractivity contribution in [1.29, 1.82) is 0 Å². The first-order valence-corrected chi connectivity index (χ1v) is 5.99. The first-order valence-electron chi connectivity index (χ1n) is 5.19. The summed E-state index contributed by atoms with van der Waals surface area (Å²) in [5, 5.41) is 0. The van der Waals surface area contributed by atoms with Crippen LogP contribution in [0.2, 0.25) is 0 Å². The molecule has 16 heavy (non-hydrogen) atoms. The van der Waals surface area contributed by atoms with Gasteiger partial charge in [-0.25, -0.2) is 0 Å². The number of rotatable bonds is 5. The van der Waals surface area contributed by atoms with Crippen LogP contribution in [0.1, 0.15) is 25.0 Å². The molecule has 1 fully saturated rings. The van der Waals surface area contributed by atoms with Gasteiger partial charge in [-0.05, 0) is 40.9 Å². The molecule has 1 saturated carbocycles. The molecule has 0 aromatic carbocycles. The molecule has 88 valence electrons. The summed E-state index contributed by atoms with van der Waals surface area (Å²) >= 11 is 3.16. The molecule has 1 aromatic rings. The van der Waals surface area contributed by atoms with E-state index < -0.39 is 5.92 Å². The van der Waals surface area contributed by atoms with Gasteiger partial charge in [0.25, 0.3) is 5.92 Å². The van der Waals surface area contributed by atoms with E-state index in [1.54, 1.807) is 6.07 Å². The molecular formula is C11H12BrF2NO. The lowest BCUT2D eigenvalue weighted by molar-refractivity contribution is -0.0444. The third-order valence-electron chi connectivity index (χ3n) is 2.40. The SMILES string of the molecule is FC(F)(CCOC1CC1)c1ccc(Br)cn1. The molecule has 1 aliphatic rings. The van der Waals surface area contributed by atoms with Crippen molar-refractivity contribution in [3.63, 3.8) is 0 Å². The van der Waals surface area contributed by atoms with E-state index in [0.29, 0.717) is 4.47 Å². The van der Waals surface area contributed by atoms with Crippen molar-refractivity contribution in [3.8, 4) is 0 Å². The van der Waals surface area contributed by atoms with Gasteiger partial charge in [0.05, 0.1) is 12.7 Å². The second kappa shape index (κ2) is 4.75. The van der Waals surface area contributed by atoms with Gasteiger partial charge in [0.1, 0.15) is 5.69 Å². The summed E-state index contributed by atoms with van der Waals surface area (Å²) < 4.78 is 33.1. The number of hydrogen-bond donors (Lipinski definition) is 0. The number of pyridine rings is 1. The van der Waals surface area contributed by atoms with Crippen LogP contribution in [0.5, 0.6) is 0 Å². The molecule has 0 spiro atoms. The highest BCUT2D eigenvalue weighted by Crippen LogP contribution is 2.32. The number of aromatic nitrogens is 1. The number of alkyl halides is 2. The maximum absolute atomic E-state index is 13.6. The van der Waals surface area contributed by atoms with Gasteiger partial charge < -0.3 is 4.74 Å². The standard InChI is InChI=1S/C11H12BrF2NO/c12-8-1-4-10(15-7-8)11(13,14)5-6-16-9-2-3-9/h1,4,7,9H,2-3,5-6H2. The van der Waals surface area contributed by atoms with Crippen molar-refractivity contribution in [1.82, 2.24) is 4.98 Å². The maximum atomic E-state index is 13.6. The van der Waals surface area contributed by atoms with E-state index >= 15 is 0 Å². The Hall–Kier alpha value is -0.550. The Morgan fingerprint density at radius 1 is 1.44 bits per heavy atom. The van der Waals surface area contributed by atoms with Crippen LogP contribution in [-0.4, -0.2) is 17.7 Å². The van der Waals surface area contributed by atoms with Crippen LogP contribution >= 0.6 is 15.9 Å². The second-order valence-electron chi connectivity index (χ2n) is 3.89. The van der Waals surface area contributed by atoms with E-state index in [0.717, 1.165) is 12.8 Å². The molecule has 2 nitrogen and oxygen atoms in total. The number of halogens is 3. The van der Waals surface area contributed by atoms with E-state index in [1.807, 2.05) is 0 Å². The van der Waals surface area contributed by atoms with Crippen LogP contribution in [-0.2, 0) is 10.7 Å². The summed E-state index contributed by atoms with van der Waals surface area (Å²) in [5.74, 6) is -2.91. The van der Waals surface area contributed by atoms with Gasteiger partial charge in [0.2, 0.25) is 0 Å². The Morgan fingerprint density at radius 2 is 2.19 bits per heavy atom. The normalized spacial score (nSPS) is 16.4. The van der Waals surface area contributed by atoms with Gasteiger partial charge in [-0.1, -0.05) is 0 Å². The minimum Gasteiger partial charge on any atom is -0.378 e. The molecule has 0 unspecified atom stereocenters. The monoisotopic (exact) mass is 291 g/mol. The smallest absolute Gasteiger partial charge is 0.291 e. The average molecular weight is 292 g/mol. The van der Waals surface area contributed by atoms with Crippen LogP contribution in [0.3, 0.4) is 0 Å². The highest BCUT2D eigenvalue weighted by molar-refractivity contribution is 9.10. The summed E-state index contributed by atoms with van der Waals surface area (Å²) in [4.78, 5) is 3.71. The Morgan fingerprint density at radius 3 is 2.75 bits per heavy atom. The molecular weight excluding hydrogens is 280 g/mol. The average Bonchev–Trinajstić information content (AvgIpc) is 3.02. The Labute approximate surface area is 101 Å². The van der Waals surface area contributed by atoms with Gasteiger partial charge in [-0.15, -0.1) is 0 Å². The first-order chi connectivity index (χ1) is 7.58. The van der Waals surface area contributed by atoms with E-state index in [1.165, 1.54) is 12.3 Å². The number of hydrogen-bond acceptors (Lipinski definition) is 2. The highest BCUT2D eigenvalue weighted by atomic mass is 79.9.